The number of hydrogen-bond acceptors (Lipinski definition) is 5. The fraction of sp³-hybridized carbons (Fsp3) is 0.600. The van der Waals surface area contributed by atoms with Crippen LogP contribution in [0.25, 0.3) is 0 Å². The largest absolute Gasteiger partial charge is 0.371 e. The molecular weight excluding hydrogens is 272 g/mol. The van der Waals surface area contributed by atoms with E-state index in [-0.39, 0.29) is 16.4 Å². The van der Waals surface area contributed by atoms with Crippen molar-refractivity contribution in [2.24, 2.45) is 0 Å². The summed E-state index contributed by atoms with van der Waals surface area (Å²) in [6, 6.07) is 6.68. The molecule has 6 heteroatoms. The van der Waals surface area contributed by atoms with Gasteiger partial charge < -0.3 is 14.4 Å². The molecule has 3 rings (SSSR count). The lowest BCUT2D eigenvalue weighted by Gasteiger charge is -2.38. The predicted molar refractivity (Wildman–Crippen MR) is 80.5 cm³/mol. The molecule has 0 unspecified atom stereocenters. The monoisotopic (exact) mass is 294 g/mol. The van der Waals surface area contributed by atoms with Crippen molar-refractivity contribution in [2.75, 3.05) is 31.2 Å². The van der Waals surface area contributed by atoms with Crippen LogP contribution in [0, 0.1) is 10.1 Å². The summed E-state index contributed by atoms with van der Waals surface area (Å²) < 4.78 is 11.4. The minimum atomic E-state index is -0.380. The van der Waals surface area contributed by atoms with E-state index in [2.05, 4.69) is 4.90 Å². The number of piperidine rings is 1. The van der Waals surface area contributed by atoms with Crippen LogP contribution in [0.5, 0.6) is 0 Å². The Morgan fingerprint density at radius 1 is 1.10 bits per heavy atom. The van der Waals surface area contributed by atoms with Crippen molar-refractivity contribution < 1.29 is 14.4 Å². The zero-order chi connectivity index (χ0) is 15.3. The summed E-state index contributed by atoms with van der Waals surface area (Å²) in [6.07, 6.45) is 1.67. The first-order valence-electron chi connectivity index (χ1n) is 7.46. The second-order valence-electron chi connectivity index (χ2n) is 4.87. The molecule has 0 N–H and O–H groups in total. The van der Waals surface area contributed by atoms with Crippen LogP contribution in [0.2, 0.25) is 0 Å². The van der Waals surface area contributed by atoms with Gasteiger partial charge in [0.2, 0.25) is 0 Å². The van der Waals surface area contributed by atoms with Crippen molar-refractivity contribution in [1.29, 1.82) is 0 Å². The van der Waals surface area contributed by atoms with Crippen LogP contribution < -0.4 is 4.90 Å². The number of anilines is 1. The summed E-state index contributed by atoms with van der Waals surface area (Å²) >= 11 is 0. The number of hydrogen-bond donors (Lipinski definition) is 0. The Morgan fingerprint density at radius 3 is 2.10 bits per heavy atom. The minimum Gasteiger partial charge on any atom is -0.371 e. The first kappa shape index (κ1) is 15.7. The Hall–Kier alpha value is -1.66. The minimum absolute atomic E-state index is 0.125. The van der Waals surface area contributed by atoms with Crippen LogP contribution in [0.15, 0.2) is 24.3 Å². The SMILES string of the molecule is CC.O=[N+]([O-])c1ccc(N2CCC3(CC2)OCCO3)cc1. The Balaban J connectivity index is 0.000000774. The molecular formula is C15H22N2O4. The highest BCUT2D eigenvalue weighted by Gasteiger charge is 2.39. The van der Waals surface area contributed by atoms with E-state index < -0.39 is 0 Å². The molecule has 0 aliphatic carbocycles. The Labute approximate surface area is 124 Å². The molecule has 0 bridgehead atoms. The lowest BCUT2D eigenvalue weighted by Crippen LogP contribution is -2.45. The lowest BCUT2D eigenvalue weighted by atomic mass is 10.0. The summed E-state index contributed by atoms with van der Waals surface area (Å²) in [5.41, 5.74) is 1.14. The van der Waals surface area contributed by atoms with Gasteiger partial charge in [-0.25, -0.2) is 0 Å². The fourth-order valence-corrected chi connectivity index (χ4v) is 2.68. The number of benzene rings is 1. The highest BCUT2D eigenvalue weighted by Crippen LogP contribution is 2.33. The van der Waals surface area contributed by atoms with Crippen LogP contribution in [0.3, 0.4) is 0 Å². The summed E-state index contributed by atoms with van der Waals surface area (Å²) in [7, 11) is 0. The second-order valence-corrected chi connectivity index (χ2v) is 4.87. The fourth-order valence-electron chi connectivity index (χ4n) is 2.68. The number of nitro benzene ring substituents is 1. The molecule has 0 radical (unpaired) electrons. The molecule has 1 spiro atoms. The maximum absolute atomic E-state index is 10.6. The number of rotatable bonds is 2. The van der Waals surface area contributed by atoms with Gasteiger partial charge in [-0.1, -0.05) is 13.8 Å². The zero-order valence-corrected chi connectivity index (χ0v) is 12.6. The third-order valence-electron chi connectivity index (χ3n) is 3.76. The quantitative estimate of drug-likeness (QED) is 0.620. The highest BCUT2D eigenvalue weighted by atomic mass is 16.7. The molecule has 2 aliphatic heterocycles. The predicted octanol–water partition coefficient (Wildman–Crippen LogP) is 2.96. The molecule has 21 heavy (non-hydrogen) atoms. The molecule has 2 aliphatic rings. The van der Waals surface area contributed by atoms with Crippen LogP contribution in [-0.2, 0) is 9.47 Å². The van der Waals surface area contributed by atoms with Gasteiger partial charge in [0.25, 0.3) is 5.69 Å². The molecule has 2 heterocycles. The van der Waals surface area contributed by atoms with Gasteiger partial charge in [0, 0.05) is 43.8 Å². The Bertz CT molecular complexity index is 459. The van der Waals surface area contributed by atoms with Gasteiger partial charge in [-0.15, -0.1) is 0 Å². The molecule has 0 aromatic heterocycles. The number of nitro groups is 1. The van der Waals surface area contributed by atoms with Gasteiger partial charge >= 0.3 is 0 Å². The van der Waals surface area contributed by atoms with E-state index in [1.54, 1.807) is 24.3 Å². The molecule has 0 atom stereocenters. The van der Waals surface area contributed by atoms with Crippen molar-refractivity contribution in [3.05, 3.63) is 34.4 Å². The van der Waals surface area contributed by atoms with Gasteiger partial charge in [0.15, 0.2) is 5.79 Å². The van der Waals surface area contributed by atoms with Crippen LogP contribution in [0.1, 0.15) is 26.7 Å². The zero-order valence-electron chi connectivity index (χ0n) is 12.6. The van der Waals surface area contributed by atoms with E-state index in [0.717, 1.165) is 31.6 Å². The lowest BCUT2D eigenvalue weighted by molar-refractivity contribution is -0.384. The molecule has 1 aromatic rings. The van der Waals surface area contributed by atoms with Crippen LogP contribution in [0.4, 0.5) is 11.4 Å². The smallest absolute Gasteiger partial charge is 0.269 e. The molecule has 0 saturated carbocycles. The van der Waals surface area contributed by atoms with Crippen molar-refractivity contribution in [1.82, 2.24) is 0 Å². The highest BCUT2D eigenvalue weighted by molar-refractivity contribution is 5.51. The Morgan fingerprint density at radius 2 is 1.62 bits per heavy atom. The molecule has 0 amide bonds. The number of ether oxygens (including phenoxy) is 2. The van der Waals surface area contributed by atoms with Crippen molar-refractivity contribution in [3.63, 3.8) is 0 Å². The van der Waals surface area contributed by atoms with E-state index in [0.29, 0.717) is 13.2 Å². The van der Waals surface area contributed by atoms with E-state index in [9.17, 15) is 10.1 Å². The van der Waals surface area contributed by atoms with Crippen LogP contribution in [-0.4, -0.2) is 37.0 Å². The van der Waals surface area contributed by atoms with E-state index in [4.69, 9.17) is 9.47 Å². The van der Waals surface area contributed by atoms with Gasteiger partial charge in [-0.2, -0.15) is 0 Å². The summed E-state index contributed by atoms with van der Waals surface area (Å²) in [5.74, 6) is -0.378. The molecule has 6 nitrogen and oxygen atoms in total. The first-order valence-corrected chi connectivity index (χ1v) is 7.46. The van der Waals surface area contributed by atoms with Gasteiger partial charge in [-0.3, -0.25) is 10.1 Å². The summed E-state index contributed by atoms with van der Waals surface area (Å²) in [6.45, 7) is 7.05. The number of nitrogens with zero attached hydrogens (tertiary/aromatic N) is 2. The standard InChI is InChI=1S/C13H16N2O4.C2H6/c16-15(17)12-3-1-11(2-4-12)14-7-5-13(6-8-14)18-9-10-19-13;1-2/h1-4H,5-10H2;1-2H3. The van der Waals surface area contributed by atoms with Gasteiger partial charge in [-0.05, 0) is 12.1 Å². The van der Waals surface area contributed by atoms with Crippen molar-refractivity contribution >= 4 is 11.4 Å². The third-order valence-corrected chi connectivity index (χ3v) is 3.76. The molecule has 2 saturated heterocycles. The van der Waals surface area contributed by atoms with Gasteiger partial charge in [0.1, 0.15) is 0 Å². The normalized spacial score (nSPS) is 20.0. The summed E-state index contributed by atoms with van der Waals surface area (Å²) in [5, 5.41) is 10.6. The maximum Gasteiger partial charge on any atom is 0.269 e. The molecule has 116 valence electrons. The average Bonchev–Trinajstić information content (AvgIpc) is 2.98. The van der Waals surface area contributed by atoms with Gasteiger partial charge in [0.05, 0.1) is 18.1 Å². The van der Waals surface area contributed by atoms with Crippen LogP contribution >= 0.6 is 0 Å². The third kappa shape index (κ3) is 3.51. The number of non-ortho nitro benzene ring substituents is 1. The topological polar surface area (TPSA) is 64.8 Å². The Kier molecular flexibility index (Phi) is 5.14. The maximum atomic E-state index is 10.6. The van der Waals surface area contributed by atoms with E-state index >= 15 is 0 Å². The average molecular weight is 294 g/mol. The van der Waals surface area contributed by atoms with E-state index in [1.165, 1.54) is 0 Å². The molecule has 1 aromatic carbocycles. The summed E-state index contributed by atoms with van der Waals surface area (Å²) in [4.78, 5) is 12.4. The molecule has 2 fully saturated rings. The van der Waals surface area contributed by atoms with Crippen molar-refractivity contribution in [3.8, 4) is 0 Å². The first-order chi connectivity index (χ1) is 10.2. The second kappa shape index (κ2) is 6.87. The van der Waals surface area contributed by atoms with Crippen molar-refractivity contribution in [2.45, 2.75) is 32.5 Å². The van der Waals surface area contributed by atoms with E-state index in [1.807, 2.05) is 13.8 Å².